The van der Waals surface area contributed by atoms with Crippen LogP contribution in [0.4, 0.5) is 0 Å². The molecule has 0 spiro atoms. The number of ether oxygens (including phenoxy) is 10. The summed E-state index contributed by atoms with van der Waals surface area (Å²) >= 11 is -3.83. The number of methoxy groups -OCH3 is 2. The summed E-state index contributed by atoms with van der Waals surface area (Å²) in [5.74, 6) is -8.94. The van der Waals surface area contributed by atoms with E-state index in [0.717, 1.165) is 14.2 Å². The molecule has 0 heterocycles. The van der Waals surface area contributed by atoms with Crippen molar-refractivity contribution < 1.29 is 102 Å². The summed E-state index contributed by atoms with van der Waals surface area (Å²) in [5, 5.41) is 0. The third kappa shape index (κ3) is 23.6. The molecule has 0 radical (unpaired) electrons. The van der Waals surface area contributed by atoms with Crippen LogP contribution in [0, 0.1) is 0 Å². The van der Waals surface area contributed by atoms with Crippen LogP contribution in [0.3, 0.4) is 0 Å². The van der Waals surface area contributed by atoms with Gasteiger partial charge < -0.3 is 18.9 Å². The summed E-state index contributed by atoms with van der Waals surface area (Å²) in [6.07, 6.45) is -12.0. The number of carbonyl (C=O) groups is 10. The average molecular weight is 982 g/mol. The van der Waals surface area contributed by atoms with Crippen LogP contribution in [-0.4, -0.2) is 168 Å². The summed E-state index contributed by atoms with van der Waals surface area (Å²) < 4.78 is 58.8. The molecule has 0 aromatic rings. The van der Waals surface area contributed by atoms with E-state index in [-0.39, 0.29) is 0 Å². The Balaban J connectivity index is 0. The van der Waals surface area contributed by atoms with Gasteiger partial charge in [0.1, 0.15) is 0 Å². The van der Waals surface area contributed by atoms with E-state index in [2.05, 4.69) is 9.47 Å². The monoisotopic (exact) mass is 980 g/mol. The Hall–Kier alpha value is -4.11. The molecule has 0 N–H and O–H groups in total. The van der Waals surface area contributed by atoms with Gasteiger partial charge in [-0.3, -0.25) is 0 Å². The van der Waals surface area contributed by atoms with Gasteiger partial charge in [-0.1, -0.05) is 0 Å². The van der Waals surface area contributed by atoms with Gasteiger partial charge in [0.15, 0.2) is 12.2 Å². The zero-order valence-corrected chi connectivity index (χ0v) is 41.8. The molecule has 0 fully saturated rings. The number of hydrogen-bond donors (Lipinski definition) is 0. The molecular weight excluding hydrogens is 924 g/mol. The van der Waals surface area contributed by atoms with Crippen LogP contribution >= 0.6 is 0 Å². The topological polar surface area (TPSA) is 281 Å². The fourth-order valence-electron chi connectivity index (χ4n) is 3.80. The first-order chi connectivity index (χ1) is 27.6. The zero-order chi connectivity index (χ0) is 47.2. The second kappa shape index (κ2) is 29.2. The first kappa shape index (κ1) is 58.0. The van der Waals surface area contributed by atoms with Crippen molar-refractivity contribution >= 4 is 92.9 Å². The molecule has 0 aliphatic heterocycles. The van der Waals surface area contributed by atoms with Gasteiger partial charge in [-0.2, -0.15) is 0 Å². The van der Waals surface area contributed by atoms with Crippen LogP contribution in [0.5, 0.6) is 0 Å². The molecule has 340 valence electrons. The van der Waals surface area contributed by atoms with Gasteiger partial charge in [0.2, 0.25) is 0 Å². The molecule has 0 aromatic carbocycles. The van der Waals surface area contributed by atoms with Crippen molar-refractivity contribution in [3.8, 4) is 0 Å². The van der Waals surface area contributed by atoms with Crippen molar-refractivity contribution in [1.29, 1.82) is 0 Å². The van der Waals surface area contributed by atoms with E-state index < -0.39 is 154 Å². The summed E-state index contributed by atoms with van der Waals surface area (Å²) in [6, 6.07) is 0. The maximum absolute atomic E-state index is 12.0. The summed E-state index contributed by atoms with van der Waals surface area (Å²) in [5.41, 5.74) is 7.70. The Morgan fingerprint density at radius 1 is 0.267 bits per heavy atom. The van der Waals surface area contributed by atoms with Gasteiger partial charge in [-0.05, 0) is 13.8 Å². The molecule has 0 saturated carbocycles. The molecule has 10 atom stereocenters. The molecular formula is C36H58Ga2O22. The van der Waals surface area contributed by atoms with E-state index in [9.17, 15) is 47.9 Å². The fourth-order valence-corrected chi connectivity index (χ4v) is 7.70. The molecule has 0 aliphatic rings. The molecule has 22 nitrogen and oxygen atoms in total. The van der Waals surface area contributed by atoms with Crippen molar-refractivity contribution in [2.24, 2.45) is 0 Å². The second-order valence-corrected chi connectivity index (χ2v) is 23.3. The zero-order valence-electron chi connectivity index (χ0n) is 36.9. The van der Waals surface area contributed by atoms with Crippen molar-refractivity contribution in [2.45, 2.75) is 152 Å². The molecule has 0 unspecified atom stereocenters. The normalized spacial score (nSPS) is 15.5. The average Bonchev–Trinajstić information content (AvgIpc) is 3.15. The number of hydrogen-bond acceptors (Lipinski definition) is 22. The van der Waals surface area contributed by atoms with E-state index in [1.54, 1.807) is 0 Å². The van der Waals surface area contributed by atoms with Crippen molar-refractivity contribution in [3.05, 3.63) is 0 Å². The van der Waals surface area contributed by atoms with Crippen LogP contribution in [0.2, 0.25) is 21.9 Å². The van der Waals surface area contributed by atoms with E-state index in [1.807, 2.05) is 21.9 Å². The number of carbonyl (C=O) groups excluding carboxylic acids is 10. The van der Waals surface area contributed by atoms with Gasteiger partial charge in [0.05, 0.1) is 14.2 Å². The van der Waals surface area contributed by atoms with Gasteiger partial charge >= 0.3 is 283 Å². The van der Waals surface area contributed by atoms with Crippen LogP contribution in [0.25, 0.3) is 0 Å². The Morgan fingerprint density at radius 2 is 0.400 bits per heavy atom. The number of rotatable bonds is 22. The van der Waals surface area contributed by atoms with Crippen LogP contribution in [-0.2, 0) is 102 Å². The van der Waals surface area contributed by atoms with E-state index in [1.165, 1.54) is 69.2 Å². The van der Waals surface area contributed by atoms with Gasteiger partial charge in [-0.15, -0.1) is 0 Å². The number of esters is 10. The van der Waals surface area contributed by atoms with Crippen LogP contribution in [0.15, 0.2) is 0 Å². The van der Waals surface area contributed by atoms with Crippen LogP contribution < -0.4 is 0 Å². The molecule has 24 heteroatoms. The Bertz CT molecular complexity index is 1380. The third-order valence-electron chi connectivity index (χ3n) is 7.02. The standard InChI is InChI=1S/2C16H23O11.4CH3.2Ga/c2*1-7(17)12(18)24-9(3)14(20)26-11(5)16(22)27-10(4)15(21)25-8(2)13(19)23-6;;;;;;/h2*7-11H,1-6H3;4*1H3;;/q2*-1;;;;;2*+1/t7-,8+,9-,10+,11+;7-,8-,9-,10+,11+;;;;;;/m10....../s1. The van der Waals surface area contributed by atoms with Gasteiger partial charge in [0, 0.05) is 0 Å². The van der Waals surface area contributed by atoms with Crippen molar-refractivity contribution in [1.82, 2.24) is 0 Å². The third-order valence-corrected chi connectivity index (χ3v) is 11.0. The van der Waals surface area contributed by atoms with Gasteiger partial charge in [-0.25, -0.2) is 19.2 Å². The molecule has 0 rings (SSSR count). The fraction of sp³-hybridized carbons (Fsp3) is 0.722. The van der Waals surface area contributed by atoms with Crippen LogP contribution in [0.1, 0.15) is 69.2 Å². The Kier molecular flexibility index (Phi) is 28.2. The molecule has 60 heavy (non-hydrogen) atoms. The predicted octanol–water partition coefficient (Wildman–Crippen LogP) is 1.08. The van der Waals surface area contributed by atoms with Gasteiger partial charge in [0.25, 0.3) is 0 Å². The molecule has 0 aromatic heterocycles. The van der Waals surface area contributed by atoms with Crippen molar-refractivity contribution in [2.75, 3.05) is 14.2 Å². The first-order valence-corrected chi connectivity index (χ1v) is 30.4. The van der Waals surface area contributed by atoms with E-state index in [4.69, 9.17) is 45.0 Å². The molecule has 0 bridgehead atoms. The minimum atomic E-state index is -1.91. The predicted molar refractivity (Wildman–Crippen MR) is 205 cm³/mol. The Labute approximate surface area is 360 Å². The minimum absolute atomic E-state index is 0.718. The maximum atomic E-state index is 12.0. The summed E-state index contributed by atoms with van der Waals surface area (Å²) in [7, 11) is 2.26. The Morgan fingerprint density at radius 3 is 0.533 bits per heavy atom. The molecule has 0 amide bonds. The molecule has 0 aliphatic carbocycles. The molecule has 0 saturated heterocycles. The van der Waals surface area contributed by atoms with Crippen molar-refractivity contribution in [3.63, 3.8) is 0 Å². The first-order valence-electron chi connectivity index (χ1n) is 18.7. The van der Waals surface area contributed by atoms with E-state index in [0.29, 0.717) is 0 Å². The summed E-state index contributed by atoms with van der Waals surface area (Å²) in [4.78, 5) is 118. The second-order valence-electron chi connectivity index (χ2n) is 13.3. The summed E-state index contributed by atoms with van der Waals surface area (Å²) in [6.45, 7) is 13.1. The quantitative estimate of drug-likeness (QED) is 0.0833. The van der Waals surface area contributed by atoms with E-state index >= 15 is 0 Å². The SMILES string of the molecule is COC(=O)[C@H](C)OC(=O)[C@@H](C)OC(=O)[C@@H](C)OC(=O)[C@H](C)OC(=O)[C@H](C)[O][Ga]([CH3])[CH3].COC(=O)[C@H](C)OC(=O)[C@H](C)OC(=O)[C@H](C)OC(=O)[C@@H](C)OC(=O)[C@@H](C)[O][Ga]([CH3])[CH3].